The average Bonchev–Trinajstić information content (AvgIpc) is 2.83. The number of carbonyl (C=O) groups is 2. The van der Waals surface area contributed by atoms with Crippen molar-refractivity contribution in [3.05, 3.63) is 30.1 Å². The van der Waals surface area contributed by atoms with Gasteiger partial charge in [-0.2, -0.15) is 0 Å². The summed E-state index contributed by atoms with van der Waals surface area (Å²) in [6.07, 6.45) is 0.929. The second-order valence-corrected chi connectivity index (χ2v) is 6.30. The molecular weight excluding hydrogens is 293 g/mol. The summed E-state index contributed by atoms with van der Waals surface area (Å²) in [5.41, 5.74) is 0. The molecule has 2 atom stereocenters. The Balaban J connectivity index is 1.88. The van der Waals surface area contributed by atoms with Crippen LogP contribution in [0, 0.1) is 11.7 Å². The number of amides is 1. The Morgan fingerprint density at radius 2 is 2.14 bits per heavy atom. The first-order valence-corrected chi connectivity index (χ1v) is 7.89. The molecule has 21 heavy (non-hydrogen) atoms. The van der Waals surface area contributed by atoms with E-state index in [1.165, 1.54) is 22.7 Å². The minimum Gasteiger partial charge on any atom is -0.480 e. The molecule has 0 spiro atoms. The fourth-order valence-electron chi connectivity index (χ4n) is 2.56. The van der Waals surface area contributed by atoms with Gasteiger partial charge in [0.15, 0.2) is 0 Å². The van der Waals surface area contributed by atoms with Crippen molar-refractivity contribution in [3.63, 3.8) is 0 Å². The maximum atomic E-state index is 13.4. The van der Waals surface area contributed by atoms with Crippen LogP contribution in [0.5, 0.6) is 0 Å². The van der Waals surface area contributed by atoms with Crippen molar-refractivity contribution < 1.29 is 19.1 Å². The molecule has 2 unspecified atom stereocenters. The SMILES string of the molecule is CC1CCN(C(=O)CCSc2ccccc2F)C1C(=O)O. The van der Waals surface area contributed by atoms with E-state index in [-0.39, 0.29) is 24.1 Å². The molecule has 1 saturated heterocycles. The van der Waals surface area contributed by atoms with Crippen LogP contribution in [0.3, 0.4) is 0 Å². The monoisotopic (exact) mass is 311 g/mol. The smallest absolute Gasteiger partial charge is 0.326 e. The molecule has 1 aromatic rings. The molecule has 1 fully saturated rings. The van der Waals surface area contributed by atoms with Crippen molar-refractivity contribution in [1.29, 1.82) is 0 Å². The van der Waals surface area contributed by atoms with Crippen LogP contribution >= 0.6 is 11.8 Å². The van der Waals surface area contributed by atoms with Crippen LogP contribution in [0.1, 0.15) is 19.8 Å². The lowest BCUT2D eigenvalue weighted by Crippen LogP contribution is -2.42. The lowest BCUT2D eigenvalue weighted by Gasteiger charge is -2.23. The Kier molecular flexibility index (Phi) is 5.22. The van der Waals surface area contributed by atoms with Gasteiger partial charge in [-0.1, -0.05) is 19.1 Å². The highest BCUT2D eigenvalue weighted by molar-refractivity contribution is 7.99. The summed E-state index contributed by atoms with van der Waals surface area (Å²) in [5.74, 6) is -0.999. The van der Waals surface area contributed by atoms with Crippen molar-refractivity contribution in [1.82, 2.24) is 4.90 Å². The van der Waals surface area contributed by atoms with Gasteiger partial charge >= 0.3 is 5.97 Å². The zero-order chi connectivity index (χ0) is 15.4. The Morgan fingerprint density at radius 3 is 2.81 bits per heavy atom. The molecule has 1 amide bonds. The third-order valence-electron chi connectivity index (χ3n) is 3.68. The van der Waals surface area contributed by atoms with Crippen LogP contribution in [0.25, 0.3) is 0 Å². The van der Waals surface area contributed by atoms with Crippen LogP contribution in [-0.4, -0.2) is 40.2 Å². The van der Waals surface area contributed by atoms with Gasteiger partial charge < -0.3 is 10.0 Å². The highest BCUT2D eigenvalue weighted by atomic mass is 32.2. The molecular formula is C15H18FNO3S. The van der Waals surface area contributed by atoms with E-state index in [0.29, 0.717) is 23.6 Å². The molecule has 1 N–H and O–H groups in total. The van der Waals surface area contributed by atoms with E-state index in [9.17, 15) is 19.1 Å². The van der Waals surface area contributed by atoms with Crippen LogP contribution in [0.15, 0.2) is 29.2 Å². The average molecular weight is 311 g/mol. The zero-order valence-electron chi connectivity index (χ0n) is 11.8. The van der Waals surface area contributed by atoms with E-state index in [0.717, 1.165) is 0 Å². The van der Waals surface area contributed by atoms with Crippen molar-refractivity contribution >= 4 is 23.6 Å². The number of carboxylic acids is 1. The number of halogens is 1. The van der Waals surface area contributed by atoms with E-state index in [2.05, 4.69) is 0 Å². The molecule has 0 aromatic heterocycles. The molecule has 4 nitrogen and oxygen atoms in total. The van der Waals surface area contributed by atoms with Gasteiger partial charge in [-0.25, -0.2) is 9.18 Å². The molecule has 1 heterocycles. The molecule has 2 rings (SSSR count). The van der Waals surface area contributed by atoms with E-state index < -0.39 is 12.0 Å². The number of hydrogen-bond donors (Lipinski definition) is 1. The standard InChI is InChI=1S/C15H18FNO3S/c1-10-6-8-17(14(10)15(19)20)13(18)7-9-21-12-5-3-2-4-11(12)16/h2-5,10,14H,6-9H2,1H3,(H,19,20). The highest BCUT2D eigenvalue weighted by Gasteiger charge is 2.38. The van der Waals surface area contributed by atoms with Gasteiger partial charge in [-0.3, -0.25) is 4.79 Å². The molecule has 0 saturated carbocycles. The maximum Gasteiger partial charge on any atom is 0.326 e. The Labute approximate surface area is 127 Å². The normalized spacial score (nSPS) is 21.5. The maximum absolute atomic E-state index is 13.4. The zero-order valence-corrected chi connectivity index (χ0v) is 12.6. The lowest BCUT2D eigenvalue weighted by molar-refractivity contribution is -0.149. The topological polar surface area (TPSA) is 57.6 Å². The van der Waals surface area contributed by atoms with Crippen LogP contribution in [-0.2, 0) is 9.59 Å². The van der Waals surface area contributed by atoms with Crippen molar-refractivity contribution in [2.45, 2.75) is 30.7 Å². The van der Waals surface area contributed by atoms with Gasteiger partial charge in [0.05, 0.1) is 0 Å². The van der Waals surface area contributed by atoms with Crippen LogP contribution in [0.2, 0.25) is 0 Å². The molecule has 0 aliphatic carbocycles. The Hall–Kier alpha value is -1.56. The number of thioether (sulfide) groups is 1. The van der Waals surface area contributed by atoms with E-state index in [4.69, 9.17) is 0 Å². The van der Waals surface area contributed by atoms with Gasteiger partial charge in [-0.05, 0) is 24.5 Å². The van der Waals surface area contributed by atoms with E-state index >= 15 is 0 Å². The largest absolute Gasteiger partial charge is 0.480 e. The van der Waals surface area contributed by atoms with Gasteiger partial charge in [0, 0.05) is 23.6 Å². The van der Waals surface area contributed by atoms with Crippen molar-refractivity contribution in [2.75, 3.05) is 12.3 Å². The Morgan fingerprint density at radius 1 is 1.43 bits per heavy atom. The molecule has 1 aliphatic heterocycles. The lowest BCUT2D eigenvalue weighted by atomic mass is 10.0. The molecule has 6 heteroatoms. The predicted octanol–water partition coefficient (Wildman–Crippen LogP) is 2.63. The number of carbonyl (C=O) groups excluding carboxylic acids is 1. The summed E-state index contributed by atoms with van der Waals surface area (Å²) in [5, 5.41) is 9.19. The second kappa shape index (κ2) is 6.93. The van der Waals surface area contributed by atoms with E-state index in [1.807, 2.05) is 6.92 Å². The quantitative estimate of drug-likeness (QED) is 0.849. The molecule has 0 radical (unpaired) electrons. The minimum atomic E-state index is -0.949. The number of likely N-dealkylation sites (tertiary alicyclic amines) is 1. The number of rotatable bonds is 5. The summed E-state index contributed by atoms with van der Waals surface area (Å²) < 4.78 is 13.4. The van der Waals surface area contributed by atoms with Gasteiger partial charge in [0.1, 0.15) is 11.9 Å². The van der Waals surface area contributed by atoms with Gasteiger partial charge in [0.2, 0.25) is 5.91 Å². The fraction of sp³-hybridized carbons (Fsp3) is 0.467. The third-order valence-corrected chi connectivity index (χ3v) is 4.73. The predicted molar refractivity (Wildman–Crippen MR) is 78.7 cm³/mol. The molecule has 1 aliphatic rings. The minimum absolute atomic E-state index is 0.0225. The molecule has 1 aromatic carbocycles. The summed E-state index contributed by atoms with van der Waals surface area (Å²) in [4.78, 5) is 25.3. The summed E-state index contributed by atoms with van der Waals surface area (Å²) in [7, 11) is 0. The molecule has 0 bridgehead atoms. The van der Waals surface area contributed by atoms with Crippen LogP contribution in [0.4, 0.5) is 4.39 Å². The van der Waals surface area contributed by atoms with Crippen molar-refractivity contribution in [2.24, 2.45) is 5.92 Å². The molecule has 114 valence electrons. The first-order chi connectivity index (χ1) is 10.0. The van der Waals surface area contributed by atoms with Crippen LogP contribution < -0.4 is 0 Å². The van der Waals surface area contributed by atoms with Crippen molar-refractivity contribution in [3.8, 4) is 0 Å². The van der Waals surface area contributed by atoms with Gasteiger partial charge in [-0.15, -0.1) is 11.8 Å². The Bertz CT molecular complexity index is 537. The second-order valence-electron chi connectivity index (χ2n) is 5.17. The third kappa shape index (κ3) is 3.75. The number of benzene rings is 1. The summed E-state index contributed by atoms with van der Waals surface area (Å²) in [6, 6.07) is 5.69. The number of carboxylic acid groups (broad SMARTS) is 1. The fourth-order valence-corrected chi connectivity index (χ4v) is 3.43. The first-order valence-electron chi connectivity index (χ1n) is 6.90. The first kappa shape index (κ1) is 15.8. The summed E-state index contributed by atoms with van der Waals surface area (Å²) in [6.45, 7) is 2.33. The van der Waals surface area contributed by atoms with E-state index in [1.54, 1.807) is 18.2 Å². The number of nitrogens with zero attached hydrogens (tertiary/aromatic N) is 1. The number of aliphatic carboxylic acids is 1. The highest BCUT2D eigenvalue weighted by Crippen LogP contribution is 2.26. The number of hydrogen-bond acceptors (Lipinski definition) is 3. The van der Waals surface area contributed by atoms with Gasteiger partial charge in [0.25, 0.3) is 0 Å². The summed E-state index contributed by atoms with van der Waals surface area (Å²) >= 11 is 1.27.